The molecule has 0 unspecified atom stereocenters. The minimum absolute atomic E-state index is 0.0264. The van der Waals surface area contributed by atoms with Gasteiger partial charge in [0.1, 0.15) is 18.1 Å². The molecule has 4 nitrogen and oxygen atoms in total. The lowest BCUT2D eigenvalue weighted by Crippen LogP contribution is -2.43. The van der Waals surface area contributed by atoms with Crippen LogP contribution < -0.4 is 0 Å². The molecular formula is C35H58O4. The Hall–Kier alpha value is -1.06. The summed E-state index contributed by atoms with van der Waals surface area (Å²) in [6.45, 7) is 5.02. The van der Waals surface area contributed by atoms with E-state index in [1.54, 1.807) is 0 Å². The van der Waals surface area contributed by atoms with Gasteiger partial charge in [0.25, 0.3) is 0 Å². The third-order valence-corrected chi connectivity index (χ3v) is 12.3. The summed E-state index contributed by atoms with van der Waals surface area (Å²) in [5.41, 5.74) is -0.611. The van der Waals surface area contributed by atoms with Gasteiger partial charge < -0.3 is 9.47 Å². The largest absolute Gasteiger partial charge is 0.464 e. The highest BCUT2D eigenvalue weighted by Crippen LogP contribution is 2.44. The maximum atomic E-state index is 13.6. The van der Waals surface area contributed by atoms with Crippen molar-refractivity contribution >= 4 is 11.9 Å². The van der Waals surface area contributed by atoms with E-state index in [9.17, 15) is 9.59 Å². The van der Waals surface area contributed by atoms with Crippen molar-refractivity contribution in [3.05, 3.63) is 0 Å². The molecule has 4 heteroatoms. The number of esters is 2. The predicted octanol–water partition coefficient (Wildman–Crippen LogP) is 9.04. The molecule has 0 aromatic rings. The summed E-state index contributed by atoms with van der Waals surface area (Å²) in [6, 6.07) is 0. The average molecular weight is 543 g/mol. The maximum absolute atomic E-state index is 13.6. The number of carbonyl (C=O) groups is 2. The van der Waals surface area contributed by atoms with Crippen LogP contribution in [0.3, 0.4) is 0 Å². The zero-order valence-corrected chi connectivity index (χ0v) is 25.3. The van der Waals surface area contributed by atoms with E-state index < -0.39 is 5.41 Å². The lowest BCUT2D eigenvalue weighted by atomic mass is 9.69. The molecule has 5 rings (SSSR count). The first-order chi connectivity index (χ1) is 18.9. The minimum Gasteiger partial charge on any atom is -0.464 e. The molecule has 5 aliphatic rings. The summed E-state index contributed by atoms with van der Waals surface area (Å²) in [4.78, 5) is 26.8. The minimum atomic E-state index is -0.611. The van der Waals surface area contributed by atoms with Crippen molar-refractivity contribution in [1.82, 2.24) is 0 Å². The quantitative estimate of drug-likeness (QED) is 0.301. The summed E-state index contributed by atoms with van der Waals surface area (Å²) >= 11 is 0. The third-order valence-electron chi connectivity index (χ3n) is 12.3. The van der Waals surface area contributed by atoms with Crippen LogP contribution in [-0.4, -0.2) is 24.6 Å². The van der Waals surface area contributed by atoms with Crippen molar-refractivity contribution in [2.45, 2.75) is 155 Å². The molecule has 0 spiro atoms. The fourth-order valence-electron chi connectivity index (χ4n) is 9.26. The molecule has 222 valence electrons. The first-order valence-corrected chi connectivity index (χ1v) is 17.3. The van der Waals surface area contributed by atoms with Gasteiger partial charge in [0.05, 0.1) is 5.92 Å². The Morgan fingerprint density at radius 1 is 0.590 bits per heavy atom. The second-order valence-electron chi connectivity index (χ2n) is 15.0. The Kier molecular flexibility index (Phi) is 10.4. The summed E-state index contributed by atoms with van der Waals surface area (Å²) in [7, 11) is 0. The van der Waals surface area contributed by atoms with E-state index >= 15 is 0 Å². The molecule has 0 aliphatic heterocycles. The molecule has 0 radical (unpaired) electrons. The number of rotatable bonds is 7. The molecule has 5 aliphatic carbocycles. The average Bonchev–Trinajstić information content (AvgIpc) is 2.98. The standard InChI is InChI=1S/C35H58O4/c1-25-6-10-27(11-7-25)29-14-16-31(17-15-29)33(36)38-24-35(22-4-3-5-23-35)34(37)39-32-20-18-30(19-21-32)28-12-8-26(2)9-13-28/h25-32H,3-24H2,1-2H3. The summed E-state index contributed by atoms with van der Waals surface area (Å²) in [5, 5.41) is 0. The highest BCUT2D eigenvalue weighted by molar-refractivity contribution is 5.78. The van der Waals surface area contributed by atoms with E-state index in [1.165, 1.54) is 77.0 Å². The van der Waals surface area contributed by atoms with E-state index in [0.29, 0.717) is 0 Å². The van der Waals surface area contributed by atoms with Crippen molar-refractivity contribution in [3.63, 3.8) is 0 Å². The summed E-state index contributed by atoms with van der Waals surface area (Å²) in [6.07, 6.45) is 24.7. The molecule has 0 aromatic carbocycles. The van der Waals surface area contributed by atoms with Gasteiger partial charge in [-0.1, -0.05) is 58.8 Å². The van der Waals surface area contributed by atoms with Crippen LogP contribution in [0.2, 0.25) is 0 Å². The van der Waals surface area contributed by atoms with E-state index in [2.05, 4.69) is 13.8 Å². The van der Waals surface area contributed by atoms with Crippen molar-refractivity contribution in [3.8, 4) is 0 Å². The topological polar surface area (TPSA) is 52.6 Å². The van der Waals surface area contributed by atoms with Crippen molar-refractivity contribution in [1.29, 1.82) is 0 Å². The molecule has 5 saturated carbocycles. The fourth-order valence-corrected chi connectivity index (χ4v) is 9.26. The maximum Gasteiger partial charge on any atom is 0.315 e. The highest BCUT2D eigenvalue weighted by Gasteiger charge is 2.44. The van der Waals surface area contributed by atoms with Gasteiger partial charge in [-0.2, -0.15) is 0 Å². The molecule has 0 saturated heterocycles. The van der Waals surface area contributed by atoms with E-state index in [0.717, 1.165) is 93.3 Å². The van der Waals surface area contributed by atoms with Gasteiger partial charge in [-0.25, -0.2) is 0 Å². The SMILES string of the molecule is CC1CCC(C2CCC(OC(=O)C3(COC(=O)C4CCC(C5CCC(C)CC5)CC4)CCCCC3)CC2)CC1. The number of carbonyl (C=O) groups excluding carboxylic acids is 2. The summed E-state index contributed by atoms with van der Waals surface area (Å²) < 4.78 is 12.2. The normalized spacial score (nSPS) is 39.4. The zero-order valence-electron chi connectivity index (χ0n) is 25.3. The van der Waals surface area contributed by atoms with Gasteiger partial charge in [-0.15, -0.1) is 0 Å². The monoisotopic (exact) mass is 542 g/mol. The van der Waals surface area contributed by atoms with Gasteiger partial charge in [-0.3, -0.25) is 9.59 Å². The zero-order chi connectivity index (χ0) is 27.2. The molecule has 39 heavy (non-hydrogen) atoms. The second-order valence-corrected chi connectivity index (χ2v) is 15.0. The van der Waals surface area contributed by atoms with Crippen LogP contribution in [0.1, 0.15) is 149 Å². The molecule has 0 amide bonds. The van der Waals surface area contributed by atoms with Crippen molar-refractivity contribution < 1.29 is 19.1 Å². The number of hydrogen-bond donors (Lipinski definition) is 0. The van der Waals surface area contributed by atoms with Crippen LogP contribution in [0.25, 0.3) is 0 Å². The van der Waals surface area contributed by atoms with Gasteiger partial charge in [0.2, 0.25) is 0 Å². The molecule has 0 bridgehead atoms. The molecular weight excluding hydrogens is 484 g/mol. The van der Waals surface area contributed by atoms with Crippen LogP contribution in [-0.2, 0) is 19.1 Å². The Balaban J connectivity index is 1.07. The Bertz CT molecular complexity index is 768. The fraction of sp³-hybridized carbons (Fsp3) is 0.943. The second kappa shape index (κ2) is 13.7. The lowest BCUT2D eigenvalue weighted by Gasteiger charge is -2.39. The van der Waals surface area contributed by atoms with Crippen LogP contribution in [0.4, 0.5) is 0 Å². The Morgan fingerprint density at radius 2 is 1.03 bits per heavy atom. The van der Waals surface area contributed by atoms with E-state index in [1.807, 2.05) is 0 Å². The smallest absolute Gasteiger partial charge is 0.315 e. The van der Waals surface area contributed by atoms with Gasteiger partial charge in [0, 0.05) is 0 Å². The van der Waals surface area contributed by atoms with E-state index in [4.69, 9.17) is 9.47 Å². The molecule has 0 N–H and O–H groups in total. The first kappa shape index (κ1) is 29.4. The van der Waals surface area contributed by atoms with Crippen molar-refractivity contribution in [2.24, 2.45) is 46.8 Å². The lowest BCUT2D eigenvalue weighted by molar-refractivity contribution is -0.174. The van der Waals surface area contributed by atoms with Crippen LogP contribution in [0, 0.1) is 46.8 Å². The highest BCUT2D eigenvalue weighted by atomic mass is 16.6. The van der Waals surface area contributed by atoms with Gasteiger partial charge in [-0.05, 0) is 125 Å². The Labute approximate surface area is 239 Å². The third kappa shape index (κ3) is 7.62. The van der Waals surface area contributed by atoms with E-state index in [-0.39, 0.29) is 30.6 Å². The van der Waals surface area contributed by atoms with Gasteiger partial charge >= 0.3 is 11.9 Å². The molecule has 0 heterocycles. The summed E-state index contributed by atoms with van der Waals surface area (Å²) in [5.74, 6) is 5.10. The number of ether oxygens (including phenoxy) is 2. The first-order valence-electron chi connectivity index (χ1n) is 17.3. The van der Waals surface area contributed by atoms with Crippen LogP contribution in [0.5, 0.6) is 0 Å². The Morgan fingerprint density at radius 3 is 1.51 bits per heavy atom. The molecule has 0 atom stereocenters. The number of hydrogen-bond acceptors (Lipinski definition) is 4. The van der Waals surface area contributed by atoms with Crippen LogP contribution in [0.15, 0.2) is 0 Å². The van der Waals surface area contributed by atoms with Crippen LogP contribution >= 0.6 is 0 Å². The molecule has 5 fully saturated rings. The van der Waals surface area contributed by atoms with Crippen molar-refractivity contribution in [2.75, 3.05) is 6.61 Å². The molecule has 0 aromatic heterocycles. The predicted molar refractivity (Wildman–Crippen MR) is 156 cm³/mol. The van der Waals surface area contributed by atoms with Gasteiger partial charge in [0.15, 0.2) is 0 Å².